The minimum Gasteiger partial charge on any atom is -0.469 e. The second-order valence-electron chi connectivity index (χ2n) is 4.28. The maximum Gasteiger partial charge on any atom is 0.309 e. The highest BCUT2D eigenvalue weighted by Crippen LogP contribution is 2.14. The number of nitrogens with one attached hydrogen (secondary N) is 1. The zero-order valence-electron chi connectivity index (χ0n) is 10.8. The van der Waals surface area contributed by atoms with Crippen molar-refractivity contribution in [2.75, 3.05) is 7.11 Å². The molecule has 0 aliphatic heterocycles. The summed E-state index contributed by atoms with van der Waals surface area (Å²) in [6.07, 6.45) is 3.57. The third-order valence-electron chi connectivity index (χ3n) is 3.02. The van der Waals surface area contributed by atoms with E-state index in [1.807, 2.05) is 32.2 Å². The molecule has 94 valence electrons. The summed E-state index contributed by atoms with van der Waals surface area (Å²) in [5, 5.41) is 3.37. The summed E-state index contributed by atoms with van der Waals surface area (Å²) >= 11 is 0. The number of hydrogen-bond acceptors (Lipinski definition) is 4. The van der Waals surface area contributed by atoms with Crippen molar-refractivity contribution in [1.29, 1.82) is 0 Å². The van der Waals surface area contributed by atoms with E-state index in [0.717, 1.165) is 5.56 Å². The number of esters is 1. The van der Waals surface area contributed by atoms with Gasteiger partial charge in [-0.05, 0) is 25.5 Å². The largest absolute Gasteiger partial charge is 0.469 e. The number of pyridine rings is 1. The molecule has 0 amide bonds. The fourth-order valence-corrected chi connectivity index (χ4v) is 1.66. The highest BCUT2D eigenvalue weighted by atomic mass is 16.5. The van der Waals surface area contributed by atoms with Gasteiger partial charge in [0.2, 0.25) is 0 Å². The molecule has 17 heavy (non-hydrogen) atoms. The standard InChI is InChI=1S/C13H20N2O2/c1-9(13(16)17-4)10(2)15-11(3)12-6-5-7-14-8-12/h5-11,15H,1-4H3/t9?,10?,11-/m1/s1. The molecule has 0 saturated carbocycles. The van der Waals surface area contributed by atoms with Gasteiger partial charge in [-0.2, -0.15) is 0 Å². The van der Waals surface area contributed by atoms with Crippen LogP contribution in [-0.4, -0.2) is 24.1 Å². The van der Waals surface area contributed by atoms with Gasteiger partial charge < -0.3 is 10.1 Å². The lowest BCUT2D eigenvalue weighted by Crippen LogP contribution is -2.38. The Morgan fingerprint density at radius 3 is 2.65 bits per heavy atom. The summed E-state index contributed by atoms with van der Waals surface area (Å²) in [5.74, 6) is -0.359. The van der Waals surface area contributed by atoms with Crippen molar-refractivity contribution in [2.24, 2.45) is 5.92 Å². The molecule has 1 aromatic rings. The van der Waals surface area contributed by atoms with Crippen molar-refractivity contribution in [2.45, 2.75) is 32.9 Å². The zero-order valence-corrected chi connectivity index (χ0v) is 10.8. The van der Waals surface area contributed by atoms with Crippen LogP contribution in [0.15, 0.2) is 24.5 Å². The summed E-state index contributed by atoms with van der Waals surface area (Å²) in [4.78, 5) is 15.5. The van der Waals surface area contributed by atoms with Crippen LogP contribution < -0.4 is 5.32 Å². The topological polar surface area (TPSA) is 51.2 Å². The Bertz CT molecular complexity index is 354. The molecule has 1 N–H and O–H groups in total. The molecular formula is C13H20N2O2. The first-order valence-electron chi connectivity index (χ1n) is 5.80. The Balaban J connectivity index is 2.57. The molecule has 0 aromatic carbocycles. The highest BCUT2D eigenvalue weighted by Gasteiger charge is 2.22. The number of aromatic nitrogens is 1. The average Bonchev–Trinajstić information content (AvgIpc) is 2.37. The highest BCUT2D eigenvalue weighted by molar-refractivity contribution is 5.72. The van der Waals surface area contributed by atoms with Crippen LogP contribution in [0.4, 0.5) is 0 Å². The number of rotatable bonds is 5. The predicted octanol–water partition coefficient (Wildman–Crippen LogP) is 1.93. The van der Waals surface area contributed by atoms with Crippen LogP contribution in [0.25, 0.3) is 0 Å². The van der Waals surface area contributed by atoms with Crippen LogP contribution in [0.5, 0.6) is 0 Å². The molecule has 4 nitrogen and oxygen atoms in total. The average molecular weight is 236 g/mol. The van der Waals surface area contributed by atoms with E-state index >= 15 is 0 Å². The van der Waals surface area contributed by atoms with Gasteiger partial charge in [-0.15, -0.1) is 0 Å². The Hall–Kier alpha value is -1.42. The Morgan fingerprint density at radius 2 is 2.12 bits per heavy atom. The summed E-state index contributed by atoms with van der Waals surface area (Å²) in [6.45, 7) is 5.89. The van der Waals surface area contributed by atoms with Gasteiger partial charge in [0.15, 0.2) is 0 Å². The van der Waals surface area contributed by atoms with Crippen LogP contribution in [-0.2, 0) is 9.53 Å². The minimum absolute atomic E-state index is 0.0534. The Labute approximate surface area is 102 Å². The molecule has 0 aliphatic carbocycles. The SMILES string of the molecule is COC(=O)C(C)C(C)N[C@H](C)c1cccnc1. The van der Waals surface area contributed by atoms with Gasteiger partial charge in [0, 0.05) is 24.5 Å². The first-order valence-corrected chi connectivity index (χ1v) is 5.80. The Morgan fingerprint density at radius 1 is 1.41 bits per heavy atom. The fraction of sp³-hybridized carbons (Fsp3) is 0.538. The lowest BCUT2D eigenvalue weighted by molar-refractivity contribution is -0.145. The third-order valence-corrected chi connectivity index (χ3v) is 3.02. The molecule has 0 fully saturated rings. The first-order chi connectivity index (χ1) is 8.06. The van der Waals surface area contributed by atoms with Crippen molar-refractivity contribution in [1.82, 2.24) is 10.3 Å². The summed E-state index contributed by atoms with van der Waals surface area (Å²) in [6, 6.07) is 4.13. The fourth-order valence-electron chi connectivity index (χ4n) is 1.66. The second kappa shape index (κ2) is 6.35. The van der Waals surface area contributed by atoms with Gasteiger partial charge in [-0.25, -0.2) is 0 Å². The van der Waals surface area contributed by atoms with Gasteiger partial charge in [-0.3, -0.25) is 9.78 Å². The molecule has 2 unspecified atom stereocenters. The molecule has 1 rings (SSSR count). The third kappa shape index (κ3) is 3.82. The van der Waals surface area contributed by atoms with Crippen LogP contribution in [0.2, 0.25) is 0 Å². The first kappa shape index (κ1) is 13.6. The molecular weight excluding hydrogens is 216 g/mol. The van der Waals surface area contributed by atoms with E-state index in [1.165, 1.54) is 7.11 Å². The van der Waals surface area contributed by atoms with Crippen molar-refractivity contribution in [3.63, 3.8) is 0 Å². The van der Waals surface area contributed by atoms with Crippen LogP contribution in [0.1, 0.15) is 32.4 Å². The molecule has 1 heterocycles. The molecule has 0 saturated heterocycles. The molecule has 0 aliphatic rings. The van der Waals surface area contributed by atoms with Crippen LogP contribution in [0, 0.1) is 5.92 Å². The molecule has 0 bridgehead atoms. The van der Waals surface area contributed by atoms with Crippen molar-refractivity contribution >= 4 is 5.97 Å². The van der Waals surface area contributed by atoms with Gasteiger partial charge in [-0.1, -0.05) is 13.0 Å². The van der Waals surface area contributed by atoms with E-state index in [4.69, 9.17) is 4.74 Å². The lowest BCUT2D eigenvalue weighted by atomic mass is 10.0. The van der Waals surface area contributed by atoms with E-state index in [9.17, 15) is 4.79 Å². The molecule has 3 atom stereocenters. The molecule has 1 aromatic heterocycles. The summed E-state index contributed by atoms with van der Waals surface area (Å²) < 4.78 is 4.73. The number of ether oxygens (including phenoxy) is 1. The van der Waals surface area contributed by atoms with Gasteiger partial charge >= 0.3 is 5.97 Å². The monoisotopic (exact) mass is 236 g/mol. The van der Waals surface area contributed by atoms with Crippen LogP contribution >= 0.6 is 0 Å². The number of hydrogen-bond donors (Lipinski definition) is 1. The van der Waals surface area contributed by atoms with Crippen molar-refractivity contribution in [3.05, 3.63) is 30.1 Å². The van der Waals surface area contributed by atoms with E-state index < -0.39 is 0 Å². The van der Waals surface area contributed by atoms with E-state index in [2.05, 4.69) is 17.2 Å². The lowest BCUT2D eigenvalue weighted by Gasteiger charge is -2.23. The van der Waals surface area contributed by atoms with E-state index in [-0.39, 0.29) is 24.0 Å². The predicted molar refractivity (Wildman–Crippen MR) is 66.4 cm³/mol. The molecule has 0 spiro atoms. The maximum absolute atomic E-state index is 11.4. The second-order valence-corrected chi connectivity index (χ2v) is 4.28. The van der Waals surface area contributed by atoms with Crippen LogP contribution in [0.3, 0.4) is 0 Å². The molecule has 0 radical (unpaired) electrons. The van der Waals surface area contributed by atoms with Gasteiger partial charge in [0.1, 0.15) is 0 Å². The Kier molecular flexibility index (Phi) is 5.10. The maximum atomic E-state index is 11.4. The number of nitrogens with zero attached hydrogens (tertiary/aromatic N) is 1. The summed E-state index contributed by atoms with van der Waals surface area (Å²) in [5.41, 5.74) is 1.11. The minimum atomic E-state index is -0.191. The van der Waals surface area contributed by atoms with E-state index in [1.54, 1.807) is 6.20 Å². The van der Waals surface area contributed by atoms with Gasteiger partial charge in [0.25, 0.3) is 0 Å². The van der Waals surface area contributed by atoms with E-state index in [0.29, 0.717) is 0 Å². The van der Waals surface area contributed by atoms with Crippen molar-refractivity contribution < 1.29 is 9.53 Å². The number of carbonyl (C=O) groups is 1. The zero-order chi connectivity index (χ0) is 12.8. The quantitative estimate of drug-likeness (QED) is 0.794. The normalized spacial score (nSPS) is 16.0. The smallest absolute Gasteiger partial charge is 0.309 e. The number of methoxy groups -OCH3 is 1. The number of carbonyl (C=O) groups excluding carboxylic acids is 1. The summed E-state index contributed by atoms with van der Waals surface area (Å²) in [7, 11) is 1.41. The van der Waals surface area contributed by atoms with Gasteiger partial charge in [0.05, 0.1) is 13.0 Å². The van der Waals surface area contributed by atoms with Crippen molar-refractivity contribution in [3.8, 4) is 0 Å². The molecule has 4 heteroatoms.